The lowest BCUT2D eigenvalue weighted by atomic mass is 9.88. The molecule has 0 aliphatic rings. The van der Waals surface area contributed by atoms with Gasteiger partial charge in [0.25, 0.3) is 0 Å². The topological polar surface area (TPSA) is 32.6 Å². The average Bonchev–Trinajstić information content (AvgIpc) is 1.80. The van der Waals surface area contributed by atoms with Crippen LogP contribution in [0.4, 0.5) is 0 Å². The van der Waals surface area contributed by atoms with Crippen molar-refractivity contribution in [1.29, 1.82) is 0 Å². The molecule has 0 unspecified atom stereocenters. The van der Waals surface area contributed by atoms with E-state index in [1.165, 1.54) is 0 Å². The monoisotopic (exact) mass is 141 g/mol. The van der Waals surface area contributed by atoms with E-state index in [1.807, 2.05) is 20.8 Å². The minimum atomic E-state index is -0.0526. The fourth-order valence-electron chi connectivity index (χ4n) is 0.634. The fraction of sp³-hybridized carbons (Fsp3) is 0.625. The number of nitrogens with zero attached hydrogens (tertiary/aromatic N) is 1. The molecule has 0 heterocycles. The van der Waals surface area contributed by atoms with Crippen molar-refractivity contribution in [3.05, 3.63) is 12.7 Å². The van der Waals surface area contributed by atoms with Crippen LogP contribution in [0.5, 0.6) is 0 Å². The molecule has 0 radical (unpaired) electrons. The number of rotatable bonds is 2. The minimum Gasteiger partial charge on any atom is -0.411 e. The second-order valence-corrected chi connectivity index (χ2v) is 3.29. The Morgan fingerprint density at radius 2 is 2.10 bits per heavy atom. The van der Waals surface area contributed by atoms with E-state index in [-0.39, 0.29) is 5.41 Å². The van der Waals surface area contributed by atoms with E-state index in [2.05, 4.69) is 11.7 Å². The van der Waals surface area contributed by atoms with Crippen molar-refractivity contribution in [3.63, 3.8) is 0 Å². The highest BCUT2D eigenvalue weighted by molar-refractivity contribution is 5.89. The Bertz CT molecular complexity index is 142. The third kappa shape index (κ3) is 2.67. The minimum absolute atomic E-state index is 0.0526. The molecule has 0 atom stereocenters. The summed E-state index contributed by atoms with van der Waals surface area (Å²) in [5, 5.41) is 11.7. The van der Waals surface area contributed by atoms with E-state index in [4.69, 9.17) is 5.21 Å². The Labute approximate surface area is 62.2 Å². The van der Waals surface area contributed by atoms with Gasteiger partial charge in [0.15, 0.2) is 0 Å². The molecule has 0 aliphatic carbocycles. The van der Waals surface area contributed by atoms with Crippen LogP contribution in [0.25, 0.3) is 0 Å². The summed E-state index contributed by atoms with van der Waals surface area (Å²) in [5.41, 5.74) is 0.714. The van der Waals surface area contributed by atoms with Gasteiger partial charge in [0.1, 0.15) is 0 Å². The number of hydrogen-bond acceptors (Lipinski definition) is 2. The van der Waals surface area contributed by atoms with Crippen molar-refractivity contribution in [3.8, 4) is 0 Å². The van der Waals surface area contributed by atoms with E-state index in [0.717, 1.165) is 5.71 Å². The summed E-state index contributed by atoms with van der Waals surface area (Å²) in [7, 11) is 0. The molecule has 1 N–H and O–H groups in total. The molecule has 2 heteroatoms. The highest BCUT2D eigenvalue weighted by Crippen LogP contribution is 2.18. The van der Waals surface area contributed by atoms with Crippen molar-refractivity contribution < 1.29 is 5.21 Å². The summed E-state index contributed by atoms with van der Waals surface area (Å²) in [5.74, 6) is 0. The highest BCUT2D eigenvalue weighted by atomic mass is 16.4. The van der Waals surface area contributed by atoms with Gasteiger partial charge in [0.2, 0.25) is 0 Å². The second kappa shape index (κ2) is 3.40. The average molecular weight is 141 g/mol. The molecule has 10 heavy (non-hydrogen) atoms. The summed E-state index contributed by atoms with van der Waals surface area (Å²) in [6.45, 7) is 9.59. The molecule has 0 bridgehead atoms. The van der Waals surface area contributed by atoms with Gasteiger partial charge in [-0.2, -0.15) is 0 Å². The van der Waals surface area contributed by atoms with Crippen molar-refractivity contribution in [1.82, 2.24) is 0 Å². The van der Waals surface area contributed by atoms with E-state index in [9.17, 15) is 0 Å². The van der Waals surface area contributed by atoms with Crippen LogP contribution in [0.2, 0.25) is 0 Å². The molecule has 58 valence electrons. The van der Waals surface area contributed by atoms with Crippen LogP contribution in [0.1, 0.15) is 27.2 Å². The molecular weight excluding hydrogens is 126 g/mol. The Morgan fingerprint density at radius 3 is 2.20 bits per heavy atom. The van der Waals surface area contributed by atoms with E-state index < -0.39 is 0 Å². The van der Waals surface area contributed by atoms with Crippen LogP contribution < -0.4 is 0 Å². The largest absolute Gasteiger partial charge is 0.411 e. The molecule has 0 saturated heterocycles. The normalized spacial score (nSPS) is 13.3. The van der Waals surface area contributed by atoms with Crippen LogP contribution in [0.3, 0.4) is 0 Å². The van der Waals surface area contributed by atoms with Gasteiger partial charge in [-0.1, -0.05) is 32.0 Å². The third-order valence-electron chi connectivity index (χ3n) is 1.32. The first-order chi connectivity index (χ1) is 4.52. The fourth-order valence-corrected chi connectivity index (χ4v) is 0.634. The predicted molar refractivity (Wildman–Crippen MR) is 43.5 cm³/mol. The quantitative estimate of drug-likeness (QED) is 0.272. The second-order valence-electron chi connectivity index (χ2n) is 3.29. The lowest BCUT2D eigenvalue weighted by molar-refractivity contribution is 0.309. The summed E-state index contributed by atoms with van der Waals surface area (Å²) < 4.78 is 0. The molecule has 2 nitrogen and oxygen atoms in total. The molecule has 0 aromatic carbocycles. The molecular formula is C8H15NO. The first-order valence-corrected chi connectivity index (χ1v) is 3.34. The maximum absolute atomic E-state index is 8.53. The Hall–Kier alpha value is -0.790. The van der Waals surface area contributed by atoms with Gasteiger partial charge in [0.05, 0.1) is 5.71 Å². The van der Waals surface area contributed by atoms with Crippen LogP contribution >= 0.6 is 0 Å². The number of oxime groups is 1. The van der Waals surface area contributed by atoms with Gasteiger partial charge in [-0.25, -0.2) is 0 Å². The van der Waals surface area contributed by atoms with Crippen LogP contribution in [-0.2, 0) is 0 Å². The zero-order chi connectivity index (χ0) is 8.20. The summed E-state index contributed by atoms with van der Waals surface area (Å²) in [6.07, 6.45) is 2.39. The SMILES string of the molecule is C=CC/C(=N\O)C(C)(C)C. The maximum atomic E-state index is 8.53. The smallest absolute Gasteiger partial charge is 0.0661 e. The molecule has 0 aromatic heterocycles. The molecule has 0 aliphatic heterocycles. The summed E-state index contributed by atoms with van der Waals surface area (Å²) in [6, 6.07) is 0. The van der Waals surface area contributed by atoms with Gasteiger partial charge < -0.3 is 5.21 Å². The van der Waals surface area contributed by atoms with Gasteiger partial charge >= 0.3 is 0 Å². The molecule has 0 aromatic rings. The molecule has 0 spiro atoms. The van der Waals surface area contributed by atoms with Crippen LogP contribution in [0.15, 0.2) is 17.8 Å². The lowest BCUT2D eigenvalue weighted by Crippen LogP contribution is -2.19. The standard InChI is InChI=1S/C8H15NO/c1-5-6-7(9-10)8(2,3)4/h5,10H,1,6H2,2-4H3/b9-7+. The van der Waals surface area contributed by atoms with E-state index in [0.29, 0.717) is 6.42 Å². The van der Waals surface area contributed by atoms with E-state index in [1.54, 1.807) is 6.08 Å². The van der Waals surface area contributed by atoms with Crippen LogP contribution in [0, 0.1) is 5.41 Å². The maximum Gasteiger partial charge on any atom is 0.0661 e. The zero-order valence-electron chi connectivity index (χ0n) is 6.89. The lowest BCUT2D eigenvalue weighted by Gasteiger charge is -2.18. The van der Waals surface area contributed by atoms with Gasteiger partial charge in [-0.15, -0.1) is 6.58 Å². The molecule has 0 fully saturated rings. The van der Waals surface area contributed by atoms with Crippen molar-refractivity contribution in [2.45, 2.75) is 27.2 Å². The molecule has 0 amide bonds. The number of hydrogen-bond donors (Lipinski definition) is 1. The van der Waals surface area contributed by atoms with Gasteiger partial charge in [-0.3, -0.25) is 0 Å². The van der Waals surface area contributed by atoms with Gasteiger partial charge in [0, 0.05) is 11.8 Å². The highest BCUT2D eigenvalue weighted by Gasteiger charge is 2.17. The molecule has 0 saturated carbocycles. The Morgan fingerprint density at radius 1 is 1.60 bits per heavy atom. The summed E-state index contributed by atoms with van der Waals surface area (Å²) >= 11 is 0. The van der Waals surface area contributed by atoms with Crippen molar-refractivity contribution >= 4 is 5.71 Å². The third-order valence-corrected chi connectivity index (χ3v) is 1.32. The first-order valence-electron chi connectivity index (χ1n) is 3.34. The number of allylic oxidation sites excluding steroid dienone is 1. The van der Waals surface area contributed by atoms with Crippen LogP contribution in [-0.4, -0.2) is 10.9 Å². The first kappa shape index (κ1) is 9.21. The van der Waals surface area contributed by atoms with E-state index >= 15 is 0 Å². The van der Waals surface area contributed by atoms with Crippen molar-refractivity contribution in [2.24, 2.45) is 10.6 Å². The van der Waals surface area contributed by atoms with Crippen molar-refractivity contribution in [2.75, 3.05) is 0 Å². The zero-order valence-corrected chi connectivity index (χ0v) is 6.89. The Balaban J connectivity index is 4.23. The van der Waals surface area contributed by atoms with Gasteiger partial charge in [-0.05, 0) is 0 Å². The summed E-state index contributed by atoms with van der Waals surface area (Å²) in [4.78, 5) is 0. The predicted octanol–water partition coefficient (Wildman–Crippen LogP) is 2.44. The molecule has 0 rings (SSSR count). The Kier molecular flexibility index (Phi) is 3.13.